The van der Waals surface area contributed by atoms with Gasteiger partial charge in [0.05, 0.1) is 5.52 Å². The van der Waals surface area contributed by atoms with Crippen molar-refractivity contribution in [3.05, 3.63) is 193 Å². The molecule has 262 valence electrons. The molecule has 0 bridgehead atoms. The van der Waals surface area contributed by atoms with E-state index in [4.69, 9.17) is 0 Å². The van der Waals surface area contributed by atoms with Gasteiger partial charge in [-0.25, -0.2) is 0 Å². The van der Waals surface area contributed by atoms with Gasteiger partial charge in [-0.3, -0.25) is 0 Å². The third kappa shape index (κ3) is 4.26. The van der Waals surface area contributed by atoms with E-state index in [2.05, 4.69) is 201 Å². The van der Waals surface area contributed by atoms with Crippen LogP contribution in [0.3, 0.4) is 0 Å². The zero-order chi connectivity index (χ0) is 37.1. The number of rotatable bonds is 3. The molecule has 11 aromatic rings. The van der Waals surface area contributed by atoms with E-state index in [0.717, 1.165) is 5.52 Å². The lowest BCUT2D eigenvalue weighted by molar-refractivity contribution is 0.666. The Morgan fingerprint density at radius 3 is 1.54 bits per heavy atom. The van der Waals surface area contributed by atoms with Crippen molar-refractivity contribution in [2.75, 3.05) is 0 Å². The molecule has 0 fully saturated rings. The van der Waals surface area contributed by atoms with Crippen molar-refractivity contribution in [3.63, 3.8) is 0 Å². The van der Waals surface area contributed by atoms with E-state index >= 15 is 0 Å². The average molecular weight is 712 g/mol. The summed E-state index contributed by atoms with van der Waals surface area (Å²) < 4.78 is 0. The minimum Gasteiger partial charge on any atom is -0.354 e. The van der Waals surface area contributed by atoms with Crippen molar-refractivity contribution in [2.45, 2.75) is 19.3 Å². The van der Waals surface area contributed by atoms with Crippen molar-refractivity contribution >= 4 is 64.9 Å². The van der Waals surface area contributed by atoms with E-state index < -0.39 is 0 Å². The number of nitrogens with one attached hydrogen (secondary N) is 1. The smallest absolute Gasteiger partial charge is 0.0544 e. The zero-order valence-corrected chi connectivity index (χ0v) is 31.3. The highest BCUT2D eigenvalue weighted by atomic mass is 14.7. The Bertz CT molecular complexity index is 3390. The number of H-pyrrole nitrogens is 1. The van der Waals surface area contributed by atoms with Gasteiger partial charge in [0, 0.05) is 27.3 Å². The molecule has 1 aromatic heterocycles. The first-order valence-corrected chi connectivity index (χ1v) is 19.7. The summed E-state index contributed by atoms with van der Waals surface area (Å²) >= 11 is 0. The average Bonchev–Trinajstić information content (AvgIpc) is 3.75. The Labute approximate surface area is 325 Å². The number of hydrogen-bond donors (Lipinski definition) is 1. The second kappa shape index (κ2) is 11.5. The lowest BCUT2D eigenvalue weighted by Crippen LogP contribution is -2.15. The van der Waals surface area contributed by atoms with Crippen LogP contribution in [0, 0.1) is 0 Å². The fraction of sp³-hybridized carbons (Fsp3) is 0.0545. The monoisotopic (exact) mass is 711 g/mol. The summed E-state index contributed by atoms with van der Waals surface area (Å²) in [6.07, 6.45) is 0. The summed E-state index contributed by atoms with van der Waals surface area (Å²) in [5.41, 5.74) is 15.3. The molecule has 0 radical (unpaired) electrons. The van der Waals surface area contributed by atoms with Gasteiger partial charge in [0.2, 0.25) is 0 Å². The number of aromatic amines is 1. The van der Waals surface area contributed by atoms with Crippen LogP contribution in [0.2, 0.25) is 0 Å². The van der Waals surface area contributed by atoms with Crippen LogP contribution in [0.25, 0.3) is 109 Å². The maximum atomic E-state index is 3.79. The molecule has 0 amide bonds. The minimum atomic E-state index is -0.120. The number of aromatic nitrogens is 1. The fourth-order valence-corrected chi connectivity index (χ4v) is 10.3. The predicted molar refractivity (Wildman–Crippen MR) is 240 cm³/mol. The Balaban J connectivity index is 1.08. The van der Waals surface area contributed by atoms with Crippen LogP contribution in [0.1, 0.15) is 25.0 Å². The lowest BCUT2D eigenvalue weighted by atomic mass is 9.79. The summed E-state index contributed by atoms with van der Waals surface area (Å²) in [5, 5.41) is 12.9. The Morgan fingerprint density at radius 2 is 0.839 bits per heavy atom. The topological polar surface area (TPSA) is 15.8 Å². The molecule has 1 aliphatic carbocycles. The molecule has 12 rings (SSSR count). The van der Waals surface area contributed by atoms with Crippen LogP contribution in [0.5, 0.6) is 0 Å². The minimum absolute atomic E-state index is 0.120. The fourth-order valence-electron chi connectivity index (χ4n) is 10.3. The highest BCUT2D eigenvalue weighted by Gasteiger charge is 2.38. The van der Waals surface area contributed by atoms with Gasteiger partial charge in [0.1, 0.15) is 0 Å². The molecule has 0 atom stereocenters. The van der Waals surface area contributed by atoms with Crippen LogP contribution in [0.15, 0.2) is 182 Å². The van der Waals surface area contributed by atoms with Crippen molar-refractivity contribution in [2.24, 2.45) is 0 Å². The summed E-state index contributed by atoms with van der Waals surface area (Å²) in [5.74, 6) is 0. The van der Waals surface area contributed by atoms with Gasteiger partial charge in [-0.1, -0.05) is 178 Å². The molecule has 1 nitrogen and oxygen atoms in total. The van der Waals surface area contributed by atoms with Crippen LogP contribution in [-0.2, 0) is 5.41 Å². The molecule has 1 N–H and O–H groups in total. The van der Waals surface area contributed by atoms with Gasteiger partial charge in [0.15, 0.2) is 0 Å². The molecular weight excluding hydrogens is 675 g/mol. The van der Waals surface area contributed by atoms with E-state index in [1.165, 1.54) is 115 Å². The molecule has 56 heavy (non-hydrogen) atoms. The van der Waals surface area contributed by atoms with Gasteiger partial charge in [-0.05, 0) is 111 Å². The van der Waals surface area contributed by atoms with Gasteiger partial charge in [-0.2, -0.15) is 0 Å². The van der Waals surface area contributed by atoms with Crippen LogP contribution < -0.4 is 0 Å². The molecule has 0 unspecified atom stereocenters. The quantitative estimate of drug-likeness (QED) is 0.139. The van der Waals surface area contributed by atoms with Gasteiger partial charge in [0.25, 0.3) is 0 Å². The summed E-state index contributed by atoms with van der Waals surface area (Å²) in [4.78, 5) is 3.79. The van der Waals surface area contributed by atoms with E-state index in [0.29, 0.717) is 0 Å². The Kier molecular flexibility index (Phi) is 6.46. The Hall–Kier alpha value is -6.96. The van der Waals surface area contributed by atoms with Crippen LogP contribution in [-0.4, -0.2) is 4.98 Å². The third-order valence-electron chi connectivity index (χ3n) is 12.7. The SMILES string of the molecule is CC1(C)c2ccc(-c3cccc(-c4c5ccccc5c(-c5cccc6c5[nH]c5ccccc56)c5ccccc45)c3)cc2-c2c1c1ccccc1c1ccccc21. The van der Waals surface area contributed by atoms with Crippen molar-refractivity contribution < 1.29 is 0 Å². The standard InChI is InChI=1S/C55H37N/c1-55(2)48-30-29-34(32-47(48)52-39-20-5-3-17-36(39)37-18-4-10-25-44(37)53(52)55)33-15-13-16-35(31-33)50-40-21-6-8-23-42(40)51(43-24-9-7-22-41(43)50)46-27-14-26-45-38-19-11-12-28-49(38)56-54(45)46/h3-32,56H,1-2H3. The van der Waals surface area contributed by atoms with Gasteiger partial charge < -0.3 is 4.98 Å². The summed E-state index contributed by atoms with van der Waals surface area (Å²) in [6, 6.07) is 67.7. The number of fused-ring (bicyclic) bond motifs is 13. The summed E-state index contributed by atoms with van der Waals surface area (Å²) in [7, 11) is 0. The predicted octanol–water partition coefficient (Wildman–Crippen LogP) is 15.2. The molecule has 0 saturated heterocycles. The maximum Gasteiger partial charge on any atom is 0.0544 e. The van der Waals surface area contributed by atoms with E-state index in [1.54, 1.807) is 0 Å². The van der Waals surface area contributed by atoms with Gasteiger partial charge in [-0.15, -0.1) is 0 Å². The van der Waals surface area contributed by atoms with Crippen molar-refractivity contribution in [3.8, 4) is 44.5 Å². The van der Waals surface area contributed by atoms with E-state index in [-0.39, 0.29) is 5.41 Å². The molecule has 10 aromatic carbocycles. The third-order valence-corrected chi connectivity index (χ3v) is 12.7. The van der Waals surface area contributed by atoms with Gasteiger partial charge >= 0.3 is 0 Å². The molecule has 1 heterocycles. The molecular formula is C55H37N. The second-order valence-corrected chi connectivity index (χ2v) is 16.0. The first-order valence-electron chi connectivity index (χ1n) is 19.7. The molecule has 1 heteroatoms. The normalized spacial score (nSPS) is 13.3. The molecule has 0 saturated carbocycles. The summed E-state index contributed by atoms with van der Waals surface area (Å²) in [6.45, 7) is 4.80. The van der Waals surface area contributed by atoms with E-state index in [9.17, 15) is 0 Å². The zero-order valence-electron chi connectivity index (χ0n) is 31.3. The lowest BCUT2D eigenvalue weighted by Gasteiger charge is -2.24. The van der Waals surface area contributed by atoms with E-state index in [1.807, 2.05) is 0 Å². The number of hydrogen-bond acceptors (Lipinski definition) is 0. The number of para-hydroxylation sites is 2. The second-order valence-electron chi connectivity index (χ2n) is 16.0. The molecule has 0 spiro atoms. The Morgan fingerprint density at radius 1 is 0.339 bits per heavy atom. The molecule has 1 aliphatic rings. The maximum absolute atomic E-state index is 3.79. The first kappa shape index (κ1) is 31.4. The first-order chi connectivity index (χ1) is 27.6. The molecule has 0 aliphatic heterocycles. The van der Waals surface area contributed by atoms with Crippen LogP contribution >= 0.6 is 0 Å². The largest absolute Gasteiger partial charge is 0.354 e. The number of benzene rings is 10. The highest BCUT2D eigenvalue weighted by molar-refractivity contribution is 6.25. The van der Waals surface area contributed by atoms with Crippen molar-refractivity contribution in [1.29, 1.82) is 0 Å². The van der Waals surface area contributed by atoms with Crippen LogP contribution in [0.4, 0.5) is 0 Å². The van der Waals surface area contributed by atoms with Crippen molar-refractivity contribution in [1.82, 2.24) is 4.98 Å². The highest BCUT2D eigenvalue weighted by Crippen LogP contribution is 2.55.